The van der Waals surface area contributed by atoms with Gasteiger partial charge in [0.15, 0.2) is 11.6 Å². The Labute approximate surface area is 242 Å². The number of allylic oxidation sites excluding steroid dienone is 2. The van der Waals surface area contributed by atoms with E-state index < -0.39 is 11.6 Å². The van der Waals surface area contributed by atoms with Crippen LogP contribution in [-0.2, 0) is 4.74 Å². The van der Waals surface area contributed by atoms with Gasteiger partial charge in [-0.2, -0.15) is 0 Å². The van der Waals surface area contributed by atoms with E-state index in [0.717, 1.165) is 36.2 Å². The molecule has 2 unspecified atom stereocenters. The summed E-state index contributed by atoms with van der Waals surface area (Å²) in [6.45, 7) is 2.71. The van der Waals surface area contributed by atoms with Crippen LogP contribution in [0.15, 0.2) is 60.7 Å². The van der Waals surface area contributed by atoms with Crippen LogP contribution in [0.4, 0.5) is 13.2 Å². The van der Waals surface area contributed by atoms with Gasteiger partial charge in [0.2, 0.25) is 0 Å². The molecule has 0 aromatic heterocycles. The summed E-state index contributed by atoms with van der Waals surface area (Å²) in [6.07, 6.45) is 16.4. The van der Waals surface area contributed by atoms with Crippen LogP contribution in [0.2, 0.25) is 0 Å². The lowest BCUT2D eigenvalue weighted by molar-refractivity contribution is 0.187. The molecule has 3 aliphatic rings. The summed E-state index contributed by atoms with van der Waals surface area (Å²) in [4.78, 5) is 0. The van der Waals surface area contributed by atoms with Crippen LogP contribution in [0.5, 0.6) is 0 Å². The molecule has 1 heterocycles. The standard InChI is InChI=1S/C37H41F3O/c1-2-3-4-5-24-6-8-25(9-7-24)26-10-12-27(13-11-26)30-18-19-31(34(38)22-30)28-14-16-29(17-15-28)32-20-21-33(35-23-41-35)37(40)36(32)39/h12,14-22,24-26,35H,2-11,13,23H2,1H3. The van der Waals surface area contributed by atoms with E-state index in [1.165, 1.54) is 63.4 Å². The normalized spacial score (nSPS) is 24.2. The van der Waals surface area contributed by atoms with Gasteiger partial charge in [0, 0.05) is 16.7 Å². The Bertz CT molecular complexity index is 1380. The first-order chi connectivity index (χ1) is 20.0. The van der Waals surface area contributed by atoms with Crippen molar-refractivity contribution in [2.45, 2.75) is 83.7 Å². The number of ether oxygens (including phenoxy) is 1. The molecule has 1 nitrogen and oxygen atoms in total. The van der Waals surface area contributed by atoms with Gasteiger partial charge in [-0.15, -0.1) is 0 Å². The van der Waals surface area contributed by atoms with Gasteiger partial charge in [-0.05, 0) is 78.2 Å². The summed E-state index contributed by atoms with van der Waals surface area (Å²) >= 11 is 0. The third-order valence-corrected chi connectivity index (χ3v) is 9.86. The van der Waals surface area contributed by atoms with Gasteiger partial charge in [-0.1, -0.05) is 100 Å². The summed E-state index contributed by atoms with van der Waals surface area (Å²) in [7, 11) is 0. The van der Waals surface area contributed by atoms with E-state index in [2.05, 4.69) is 13.0 Å². The minimum absolute atomic E-state index is 0.192. The molecule has 1 aliphatic heterocycles. The van der Waals surface area contributed by atoms with Gasteiger partial charge in [-0.25, -0.2) is 13.2 Å². The summed E-state index contributed by atoms with van der Waals surface area (Å²) < 4.78 is 49.7. The molecule has 1 saturated heterocycles. The van der Waals surface area contributed by atoms with Crippen LogP contribution < -0.4 is 0 Å². The zero-order valence-corrected chi connectivity index (χ0v) is 24.1. The Balaban J connectivity index is 1.08. The number of hydrogen-bond donors (Lipinski definition) is 0. The van der Waals surface area contributed by atoms with Crippen LogP contribution in [0, 0.1) is 35.2 Å². The Morgan fingerprint density at radius 3 is 2.05 bits per heavy atom. The number of hydrogen-bond acceptors (Lipinski definition) is 1. The zero-order valence-electron chi connectivity index (χ0n) is 24.1. The summed E-state index contributed by atoms with van der Waals surface area (Å²) in [6, 6.07) is 15.7. The second kappa shape index (κ2) is 12.6. The molecule has 41 heavy (non-hydrogen) atoms. The highest BCUT2D eigenvalue weighted by molar-refractivity contribution is 5.74. The lowest BCUT2D eigenvalue weighted by Gasteiger charge is -2.35. The molecule has 0 bridgehead atoms. The number of benzene rings is 3. The number of unbranched alkanes of at least 4 members (excludes halogenated alkanes) is 2. The Kier molecular flexibility index (Phi) is 8.67. The van der Waals surface area contributed by atoms with Crippen molar-refractivity contribution in [3.8, 4) is 22.3 Å². The van der Waals surface area contributed by atoms with E-state index in [9.17, 15) is 8.78 Å². The van der Waals surface area contributed by atoms with Crippen LogP contribution in [0.3, 0.4) is 0 Å². The van der Waals surface area contributed by atoms with Gasteiger partial charge in [0.1, 0.15) is 11.9 Å². The molecule has 3 aromatic carbocycles. The van der Waals surface area contributed by atoms with Gasteiger partial charge < -0.3 is 4.74 Å². The van der Waals surface area contributed by atoms with Crippen molar-refractivity contribution in [3.63, 3.8) is 0 Å². The van der Waals surface area contributed by atoms with Crippen molar-refractivity contribution >= 4 is 5.57 Å². The van der Waals surface area contributed by atoms with Gasteiger partial charge in [0.05, 0.1) is 6.61 Å². The third-order valence-electron chi connectivity index (χ3n) is 9.86. The van der Waals surface area contributed by atoms with E-state index in [-0.39, 0.29) is 23.0 Å². The molecule has 2 aliphatic carbocycles. The predicted molar refractivity (Wildman–Crippen MR) is 161 cm³/mol. The zero-order chi connectivity index (χ0) is 28.3. The van der Waals surface area contributed by atoms with Crippen molar-refractivity contribution in [1.29, 1.82) is 0 Å². The minimum Gasteiger partial charge on any atom is -0.368 e. The van der Waals surface area contributed by atoms with Crippen molar-refractivity contribution in [2.75, 3.05) is 6.61 Å². The molecule has 216 valence electrons. The van der Waals surface area contributed by atoms with Crippen LogP contribution in [-0.4, -0.2) is 6.61 Å². The van der Waals surface area contributed by atoms with Gasteiger partial charge in [0.25, 0.3) is 0 Å². The number of halogens is 3. The van der Waals surface area contributed by atoms with E-state index in [4.69, 9.17) is 4.74 Å². The van der Waals surface area contributed by atoms with Gasteiger partial charge in [-0.3, -0.25) is 0 Å². The smallest absolute Gasteiger partial charge is 0.167 e. The first-order valence-electron chi connectivity index (χ1n) is 15.7. The van der Waals surface area contributed by atoms with Crippen molar-refractivity contribution in [2.24, 2.45) is 17.8 Å². The molecule has 0 amide bonds. The minimum atomic E-state index is -0.876. The quantitative estimate of drug-likeness (QED) is 0.188. The molecule has 6 rings (SSSR count). The van der Waals surface area contributed by atoms with Crippen molar-refractivity contribution in [1.82, 2.24) is 0 Å². The third kappa shape index (κ3) is 6.33. The fourth-order valence-electron chi connectivity index (χ4n) is 7.22. The Morgan fingerprint density at radius 2 is 1.41 bits per heavy atom. The maximum absolute atomic E-state index is 15.3. The molecule has 0 radical (unpaired) electrons. The average molecular weight is 559 g/mol. The fourth-order valence-corrected chi connectivity index (χ4v) is 7.22. The van der Waals surface area contributed by atoms with Crippen molar-refractivity contribution < 1.29 is 17.9 Å². The molecule has 0 N–H and O–H groups in total. The van der Waals surface area contributed by atoms with E-state index in [1.54, 1.807) is 42.5 Å². The van der Waals surface area contributed by atoms with Crippen LogP contribution >= 0.6 is 0 Å². The lowest BCUT2D eigenvalue weighted by Crippen LogP contribution is -2.23. The largest absolute Gasteiger partial charge is 0.368 e. The highest BCUT2D eigenvalue weighted by atomic mass is 19.2. The maximum atomic E-state index is 15.3. The second-order valence-electron chi connectivity index (χ2n) is 12.5. The highest BCUT2D eigenvalue weighted by Crippen LogP contribution is 2.43. The molecular weight excluding hydrogens is 517 g/mol. The lowest BCUT2D eigenvalue weighted by atomic mass is 9.70. The van der Waals surface area contributed by atoms with E-state index in [1.807, 2.05) is 12.1 Å². The SMILES string of the molecule is CCCCCC1CCC(C2CC=C(c3ccc(-c4ccc(-c5ccc(C6CO6)c(F)c5F)cc4)c(F)c3)CC2)CC1. The van der Waals surface area contributed by atoms with Gasteiger partial charge >= 0.3 is 0 Å². The highest BCUT2D eigenvalue weighted by Gasteiger charge is 2.31. The Hall–Kier alpha value is -2.85. The van der Waals surface area contributed by atoms with Crippen LogP contribution in [0.25, 0.3) is 27.8 Å². The first-order valence-corrected chi connectivity index (χ1v) is 15.7. The fraction of sp³-hybridized carbons (Fsp3) is 0.459. The number of rotatable bonds is 9. The molecule has 1 saturated carbocycles. The van der Waals surface area contributed by atoms with Crippen molar-refractivity contribution in [3.05, 3.63) is 89.3 Å². The average Bonchev–Trinajstić information content (AvgIpc) is 3.85. The Morgan fingerprint density at radius 1 is 0.732 bits per heavy atom. The predicted octanol–water partition coefficient (Wildman–Crippen LogP) is 11.1. The second-order valence-corrected chi connectivity index (χ2v) is 12.5. The molecule has 3 aromatic rings. The number of epoxide rings is 1. The first kappa shape index (κ1) is 28.3. The van der Waals surface area contributed by atoms with E-state index >= 15 is 4.39 Å². The summed E-state index contributed by atoms with van der Waals surface area (Å²) in [5.74, 6) is 0.583. The monoisotopic (exact) mass is 558 g/mol. The molecule has 2 atom stereocenters. The van der Waals surface area contributed by atoms with E-state index in [0.29, 0.717) is 23.3 Å². The summed E-state index contributed by atoms with van der Waals surface area (Å²) in [5.41, 5.74) is 4.46. The summed E-state index contributed by atoms with van der Waals surface area (Å²) in [5, 5.41) is 0. The maximum Gasteiger partial charge on any atom is 0.167 e. The topological polar surface area (TPSA) is 12.5 Å². The molecular formula is C37H41F3O. The molecule has 2 fully saturated rings. The van der Waals surface area contributed by atoms with Crippen LogP contribution in [0.1, 0.15) is 94.8 Å². The molecule has 4 heteroatoms. The molecule has 0 spiro atoms.